The summed E-state index contributed by atoms with van der Waals surface area (Å²) in [6.07, 6.45) is 3.07. The lowest BCUT2D eigenvalue weighted by atomic mass is 9.82. The second-order valence-corrected chi connectivity index (χ2v) is 7.85. The fourth-order valence-electron chi connectivity index (χ4n) is 4.50. The Labute approximate surface area is 161 Å². The van der Waals surface area contributed by atoms with Crippen molar-refractivity contribution >= 4 is 5.82 Å². The molecular formula is C22H27N5. The highest BCUT2D eigenvalue weighted by molar-refractivity contribution is 5.59. The van der Waals surface area contributed by atoms with E-state index in [9.17, 15) is 5.26 Å². The minimum Gasteiger partial charge on any atom is -0.383 e. The molecule has 2 aliphatic rings. The third-order valence-corrected chi connectivity index (χ3v) is 5.99. The zero-order chi connectivity index (χ0) is 18.8. The molecule has 1 saturated heterocycles. The van der Waals surface area contributed by atoms with Crippen LogP contribution >= 0.6 is 0 Å². The van der Waals surface area contributed by atoms with E-state index in [1.807, 2.05) is 0 Å². The van der Waals surface area contributed by atoms with Crippen LogP contribution in [0.5, 0.6) is 0 Å². The Morgan fingerprint density at radius 1 is 1.19 bits per heavy atom. The monoisotopic (exact) mass is 361 g/mol. The third-order valence-electron chi connectivity index (χ3n) is 5.99. The number of aromatic nitrogens is 1. The van der Waals surface area contributed by atoms with Crippen molar-refractivity contribution in [3.63, 3.8) is 0 Å². The third kappa shape index (κ3) is 3.69. The average Bonchev–Trinajstić information content (AvgIpc) is 2.69. The molecule has 1 aromatic heterocycles. The van der Waals surface area contributed by atoms with Crippen molar-refractivity contribution in [2.75, 3.05) is 32.4 Å². The van der Waals surface area contributed by atoms with Crippen molar-refractivity contribution in [3.05, 3.63) is 58.3 Å². The van der Waals surface area contributed by atoms with Gasteiger partial charge in [-0.3, -0.25) is 4.90 Å². The molecule has 0 spiro atoms. The fourth-order valence-corrected chi connectivity index (χ4v) is 4.50. The number of pyridine rings is 1. The number of nitrogens with zero attached hydrogens (tertiary/aromatic N) is 4. The van der Waals surface area contributed by atoms with E-state index >= 15 is 0 Å². The number of rotatable bonds is 3. The highest BCUT2D eigenvalue weighted by Crippen LogP contribution is 2.37. The largest absolute Gasteiger partial charge is 0.383 e. The van der Waals surface area contributed by atoms with Crippen molar-refractivity contribution in [3.8, 4) is 6.07 Å². The molecule has 1 aromatic carbocycles. The number of hydrogen-bond donors (Lipinski definition) is 1. The number of nitrogens with two attached hydrogens (primary N) is 1. The zero-order valence-electron chi connectivity index (χ0n) is 16.0. The van der Waals surface area contributed by atoms with Crippen molar-refractivity contribution in [1.29, 1.82) is 5.26 Å². The standard InChI is InChI=1S/C22H27N5/c1-26-10-7-17(8-11-26)21-18(13-23)22(24)25-20-9-12-27(15-19(20)21)14-16-5-3-2-4-6-16/h2-6,17H,7-12,14-15H2,1H3,(H2,24,25). The summed E-state index contributed by atoms with van der Waals surface area (Å²) in [5.41, 5.74) is 11.7. The van der Waals surface area contributed by atoms with E-state index in [2.05, 4.69) is 58.2 Å². The molecule has 2 aliphatic heterocycles. The van der Waals surface area contributed by atoms with Crippen LogP contribution in [0.1, 0.15) is 46.7 Å². The van der Waals surface area contributed by atoms with E-state index < -0.39 is 0 Å². The van der Waals surface area contributed by atoms with Gasteiger partial charge in [-0.05, 0) is 55.6 Å². The highest BCUT2D eigenvalue weighted by Gasteiger charge is 2.30. The summed E-state index contributed by atoms with van der Waals surface area (Å²) >= 11 is 0. The molecule has 0 unspecified atom stereocenters. The summed E-state index contributed by atoms with van der Waals surface area (Å²) in [5, 5.41) is 9.79. The van der Waals surface area contributed by atoms with E-state index in [0.717, 1.165) is 57.7 Å². The molecule has 0 atom stereocenters. The Balaban J connectivity index is 1.67. The van der Waals surface area contributed by atoms with Gasteiger partial charge in [-0.25, -0.2) is 4.98 Å². The predicted molar refractivity (Wildman–Crippen MR) is 107 cm³/mol. The normalized spacial score (nSPS) is 18.8. The molecule has 0 saturated carbocycles. The van der Waals surface area contributed by atoms with Gasteiger partial charge in [-0.15, -0.1) is 0 Å². The minimum absolute atomic E-state index is 0.409. The van der Waals surface area contributed by atoms with Gasteiger partial charge in [-0.2, -0.15) is 5.26 Å². The van der Waals surface area contributed by atoms with Crippen LogP contribution in [-0.4, -0.2) is 41.5 Å². The zero-order valence-corrected chi connectivity index (χ0v) is 16.0. The molecule has 5 heteroatoms. The number of nitriles is 1. The first kappa shape index (κ1) is 18.0. The van der Waals surface area contributed by atoms with Crippen LogP contribution in [0.25, 0.3) is 0 Å². The maximum atomic E-state index is 9.79. The molecule has 5 nitrogen and oxygen atoms in total. The van der Waals surface area contributed by atoms with Gasteiger partial charge in [0, 0.05) is 31.7 Å². The summed E-state index contributed by atoms with van der Waals surface area (Å²) in [6, 6.07) is 13.0. The van der Waals surface area contributed by atoms with Crippen molar-refractivity contribution in [2.45, 2.75) is 38.3 Å². The second kappa shape index (κ2) is 7.67. The second-order valence-electron chi connectivity index (χ2n) is 7.85. The van der Waals surface area contributed by atoms with Gasteiger partial charge < -0.3 is 10.6 Å². The lowest BCUT2D eigenvalue weighted by molar-refractivity contribution is 0.234. The lowest BCUT2D eigenvalue weighted by Crippen LogP contribution is -2.34. The van der Waals surface area contributed by atoms with Gasteiger partial charge >= 0.3 is 0 Å². The summed E-state index contributed by atoms with van der Waals surface area (Å²) in [7, 11) is 2.17. The number of likely N-dealkylation sites (tertiary alicyclic amines) is 1. The quantitative estimate of drug-likeness (QED) is 0.910. The summed E-state index contributed by atoms with van der Waals surface area (Å²) in [4.78, 5) is 9.44. The first-order chi connectivity index (χ1) is 13.2. The number of nitrogen functional groups attached to an aromatic ring is 1. The highest BCUT2D eigenvalue weighted by atomic mass is 15.1. The Bertz CT molecular complexity index is 847. The summed E-state index contributed by atoms with van der Waals surface area (Å²) in [5.74, 6) is 0.827. The van der Waals surface area contributed by atoms with E-state index in [4.69, 9.17) is 5.73 Å². The summed E-state index contributed by atoms with van der Waals surface area (Å²) in [6.45, 7) is 4.90. The van der Waals surface area contributed by atoms with Gasteiger partial charge in [0.2, 0.25) is 0 Å². The Hall–Kier alpha value is -2.42. The van der Waals surface area contributed by atoms with Gasteiger partial charge in [-0.1, -0.05) is 30.3 Å². The van der Waals surface area contributed by atoms with Gasteiger partial charge in [0.05, 0.1) is 5.56 Å². The van der Waals surface area contributed by atoms with Crippen LogP contribution in [0.4, 0.5) is 5.82 Å². The maximum Gasteiger partial charge on any atom is 0.141 e. The minimum atomic E-state index is 0.409. The molecule has 3 heterocycles. The SMILES string of the molecule is CN1CCC(c2c(C#N)c(N)nc3c2CN(Cc2ccccc2)CC3)CC1. The van der Waals surface area contributed by atoms with Crippen LogP contribution in [0, 0.1) is 11.3 Å². The number of piperidine rings is 1. The molecule has 0 amide bonds. The molecule has 4 rings (SSSR count). The Morgan fingerprint density at radius 3 is 2.63 bits per heavy atom. The van der Waals surface area contributed by atoms with E-state index in [0.29, 0.717) is 17.3 Å². The molecule has 1 fully saturated rings. The van der Waals surface area contributed by atoms with E-state index in [1.165, 1.54) is 16.7 Å². The van der Waals surface area contributed by atoms with Crippen molar-refractivity contribution in [2.24, 2.45) is 0 Å². The molecular weight excluding hydrogens is 334 g/mol. The van der Waals surface area contributed by atoms with Crippen LogP contribution in [0.3, 0.4) is 0 Å². The lowest BCUT2D eigenvalue weighted by Gasteiger charge is -2.35. The van der Waals surface area contributed by atoms with Gasteiger partial charge in [0.15, 0.2) is 0 Å². The van der Waals surface area contributed by atoms with E-state index in [1.54, 1.807) is 0 Å². The number of anilines is 1. The Kier molecular flexibility index (Phi) is 5.11. The maximum absolute atomic E-state index is 9.79. The smallest absolute Gasteiger partial charge is 0.141 e. The van der Waals surface area contributed by atoms with Gasteiger partial charge in [0.25, 0.3) is 0 Å². The first-order valence-electron chi connectivity index (χ1n) is 9.81. The molecule has 0 bridgehead atoms. The number of hydrogen-bond acceptors (Lipinski definition) is 5. The fraction of sp³-hybridized carbons (Fsp3) is 0.455. The van der Waals surface area contributed by atoms with Gasteiger partial charge in [0.1, 0.15) is 11.9 Å². The van der Waals surface area contributed by atoms with Crippen LogP contribution in [0.15, 0.2) is 30.3 Å². The number of benzene rings is 1. The van der Waals surface area contributed by atoms with Crippen LogP contribution in [0.2, 0.25) is 0 Å². The number of fused-ring (bicyclic) bond motifs is 1. The molecule has 27 heavy (non-hydrogen) atoms. The summed E-state index contributed by atoms with van der Waals surface area (Å²) < 4.78 is 0. The van der Waals surface area contributed by atoms with Crippen molar-refractivity contribution in [1.82, 2.24) is 14.8 Å². The molecule has 140 valence electrons. The molecule has 2 aromatic rings. The Morgan fingerprint density at radius 2 is 1.93 bits per heavy atom. The molecule has 0 radical (unpaired) electrons. The first-order valence-corrected chi connectivity index (χ1v) is 9.81. The van der Waals surface area contributed by atoms with E-state index in [-0.39, 0.29) is 0 Å². The molecule has 0 aliphatic carbocycles. The van der Waals surface area contributed by atoms with Crippen LogP contribution < -0.4 is 5.73 Å². The van der Waals surface area contributed by atoms with Crippen molar-refractivity contribution < 1.29 is 0 Å². The average molecular weight is 361 g/mol. The predicted octanol–water partition coefficient (Wildman–Crippen LogP) is 2.90. The molecule has 2 N–H and O–H groups in total. The topological polar surface area (TPSA) is 69.2 Å². The van der Waals surface area contributed by atoms with Crippen LogP contribution in [-0.2, 0) is 19.5 Å².